The van der Waals surface area contributed by atoms with Crippen molar-refractivity contribution in [1.82, 2.24) is 30.7 Å². The summed E-state index contributed by atoms with van der Waals surface area (Å²) in [5.41, 5.74) is 4.84. The second-order valence-electron chi connectivity index (χ2n) is 28.9. The Morgan fingerprint density at radius 1 is 0.481 bits per heavy atom. The molecule has 0 spiro atoms. The number of aliphatic imine (C=N–C) groups is 5. The number of nitrogens with one attached hydrogen (secondary N) is 7. The fraction of sp³-hybridized carbons (Fsp3) is 0.583. The van der Waals surface area contributed by atoms with E-state index in [4.69, 9.17) is 29.2 Å². The van der Waals surface area contributed by atoms with E-state index in [0.717, 1.165) is 122 Å². The number of rotatable bonds is 15. The van der Waals surface area contributed by atoms with Crippen LogP contribution in [0, 0.1) is 0 Å². The van der Waals surface area contributed by atoms with Crippen LogP contribution >= 0.6 is 15.9 Å². The van der Waals surface area contributed by atoms with E-state index in [1.54, 1.807) is 19.2 Å². The molecule has 5 saturated carbocycles. The van der Waals surface area contributed by atoms with Gasteiger partial charge in [-0.1, -0.05) is 149 Å². The monoisotopic (exact) mass is 1490 g/mol. The molecule has 19 nitrogen and oxygen atoms in total. The molecule has 2 aliphatic heterocycles. The number of halogens is 1. The number of ether oxygens (including phenoxy) is 3. The smallest absolute Gasteiger partial charge is 0.205 e. The van der Waals surface area contributed by atoms with Gasteiger partial charge in [-0.3, -0.25) is 4.99 Å². The van der Waals surface area contributed by atoms with Crippen molar-refractivity contribution in [2.75, 3.05) is 94.1 Å². The Bertz CT molecular complexity index is 3080. The number of hydrogen-bond donors (Lipinski definition) is 8. The third-order valence-electron chi connectivity index (χ3n) is 19.6. The second-order valence-corrected chi connectivity index (χ2v) is 29.8. The molecule has 0 aromatic heterocycles. The van der Waals surface area contributed by atoms with Crippen molar-refractivity contribution in [3.8, 4) is 11.5 Å². The molecule has 570 valence electrons. The second kappa shape index (κ2) is 47.8. The summed E-state index contributed by atoms with van der Waals surface area (Å²) in [6, 6.07) is 46.4. The molecule has 0 atom stereocenters. The van der Waals surface area contributed by atoms with E-state index in [9.17, 15) is 5.11 Å². The molecule has 104 heavy (non-hydrogen) atoms. The summed E-state index contributed by atoms with van der Waals surface area (Å²) in [7, 11) is 1.65. The largest absolute Gasteiger partial charge is 0.508 e. The lowest BCUT2D eigenvalue weighted by Crippen LogP contribution is -2.52. The standard InChI is InChI=1S/C20H19N3O.C19H28BrN3.C19H29N3O.C15H27N3O2.C11H25N3/c1-24-19-14-12-18(13-15-19)23-20(21-16-8-4-2-5-9-16)22-17-10-6-3-7-11-17;20-15-11-13-18(14-12-15)23-19(21-16-7-3-1-4-8-16)22-17-9-5-2-6-10-17;23-18-13-11-17(12-14-18)22-19(20-15-7-3-1-4-8-15)21-16-9-5-2-6-10-16;1-2-4-14(5-3-1)16-15(17-6-10-19-11-7-17)18-8-12-20-13-9-18;1-7-14(8-2)11(12-9(3)4)13-10(5)6/h2-15H,1H3,(H2,21,22,23);11-14,16-17H,1-10H2,(H2,21,22,23);11-16,23H,1-10H2,(H2,20,21,22);14H,1-13H2;9-10H,7-8H2,1-6H3,(H,12,13). The number of hydrogen-bond acceptors (Lipinski definition) is 9. The normalized spacial score (nSPS) is 18.2. The van der Waals surface area contributed by atoms with E-state index >= 15 is 0 Å². The Morgan fingerprint density at radius 3 is 1.24 bits per heavy atom. The number of aromatic hydroxyl groups is 1. The van der Waals surface area contributed by atoms with Crippen molar-refractivity contribution in [3.63, 3.8) is 0 Å². The molecule has 7 aliphatic rings. The zero-order valence-corrected chi connectivity index (χ0v) is 65.7. The third kappa shape index (κ3) is 32.0. The molecule has 5 aromatic rings. The Morgan fingerprint density at radius 2 is 0.856 bits per heavy atom. The average molecular weight is 1490 g/mol. The van der Waals surface area contributed by atoms with Gasteiger partial charge in [-0.2, -0.15) is 0 Å². The third-order valence-corrected chi connectivity index (χ3v) is 20.1. The highest BCUT2D eigenvalue weighted by atomic mass is 79.9. The summed E-state index contributed by atoms with van der Waals surface area (Å²) in [4.78, 5) is 31.5. The van der Waals surface area contributed by atoms with Crippen molar-refractivity contribution in [2.45, 2.75) is 244 Å². The van der Waals surface area contributed by atoms with Crippen LogP contribution in [0.2, 0.25) is 0 Å². The van der Waals surface area contributed by atoms with Crippen LogP contribution in [0.5, 0.6) is 11.5 Å². The Balaban J connectivity index is 0.000000166. The molecule has 8 N–H and O–H groups in total. The van der Waals surface area contributed by atoms with Crippen LogP contribution in [-0.4, -0.2) is 165 Å². The summed E-state index contributed by atoms with van der Waals surface area (Å²) in [5, 5.41) is 33.7. The maximum absolute atomic E-state index is 9.44. The summed E-state index contributed by atoms with van der Waals surface area (Å²) in [5.74, 6) is 5.88. The predicted octanol–water partition coefficient (Wildman–Crippen LogP) is 18.2. The van der Waals surface area contributed by atoms with Gasteiger partial charge < -0.3 is 71.2 Å². The maximum atomic E-state index is 9.44. The summed E-state index contributed by atoms with van der Waals surface area (Å²) >= 11 is 3.50. The van der Waals surface area contributed by atoms with Crippen molar-refractivity contribution < 1.29 is 19.3 Å². The first kappa shape index (κ1) is 82.1. The van der Waals surface area contributed by atoms with Crippen LogP contribution in [-0.2, 0) is 9.47 Å². The summed E-state index contributed by atoms with van der Waals surface area (Å²) in [6.07, 6.45) is 32.5. The average Bonchev–Trinajstić information content (AvgIpc) is 0.850. The maximum Gasteiger partial charge on any atom is 0.205 e. The lowest BCUT2D eigenvalue weighted by molar-refractivity contribution is 0.0415. The van der Waals surface area contributed by atoms with Crippen molar-refractivity contribution in [1.29, 1.82) is 0 Å². The molecule has 5 aromatic carbocycles. The first-order chi connectivity index (χ1) is 50.9. The van der Waals surface area contributed by atoms with E-state index in [-0.39, 0.29) is 0 Å². The molecule has 20 heteroatoms. The quantitative estimate of drug-likeness (QED) is 0.0279. The zero-order chi connectivity index (χ0) is 73.2. The molecule has 12 rings (SSSR count). The van der Waals surface area contributed by atoms with Crippen LogP contribution in [0.15, 0.2) is 163 Å². The molecular formula is C84H128BrN15O4. The highest BCUT2D eigenvalue weighted by Crippen LogP contribution is 2.27. The molecule has 0 amide bonds. The molecule has 0 unspecified atom stereocenters. The number of anilines is 4. The molecule has 0 radical (unpaired) electrons. The molecular weight excluding hydrogens is 1360 g/mol. The topological polar surface area (TPSA) is 204 Å². The van der Waals surface area contributed by atoms with Gasteiger partial charge in [-0.25, -0.2) is 20.0 Å². The fourth-order valence-electron chi connectivity index (χ4n) is 13.9. The lowest BCUT2D eigenvalue weighted by atomic mass is 9.95. The minimum absolute atomic E-state index is 0.293. The van der Waals surface area contributed by atoms with Crippen molar-refractivity contribution in [2.24, 2.45) is 25.0 Å². The van der Waals surface area contributed by atoms with Crippen LogP contribution in [0.1, 0.15) is 202 Å². The van der Waals surface area contributed by atoms with Gasteiger partial charge >= 0.3 is 0 Å². The van der Waals surface area contributed by atoms with Gasteiger partial charge in [0, 0.05) is 90.7 Å². The predicted molar refractivity (Wildman–Crippen MR) is 441 cm³/mol. The molecule has 2 saturated heterocycles. The summed E-state index contributed by atoms with van der Waals surface area (Å²) in [6.45, 7) is 22.0. The number of para-hydroxylation sites is 2. The number of benzene rings is 5. The van der Waals surface area contributed by atoms with Gasteiger partial charge in [0.1, 0.15) is 11.5 Å². The zero-order valence-electron chi connectivity index (χ0n) is 64.1. The highest BCUT2D eigenvalue weighted by molar-refractivity contribution is 9.10. The van der Waals surface area contributed by atoms with Gasteiger partial charge in [0.25, 0.3) is 0 Å². The van der Waals surface area contributed by atoms with Gasteiger partial charge in [0.15, 0.2) is 23.8 Å². The van der Waals surface area contributed by atoms with Gasteiger partial charge in [0.05, 0.1) is 57.4 Å². The van der Waals surface area contributed by atoms with Gasteiger partial charge in [0.2, 0.25) is 5.96 Å². The Hall–Kier alpha value is -7.55. The summed E-state index contributed by atoms with van der Waals surface area (Å²) < 4.78 is 17.3. The van der Waals surface area contributed by atoms with Crippen LogP contribution in [0.4, 0.5) is 28.4 Å². The first-order valence-electron chi connectivity index (χ1n) is 39.8. The van der Waals surface area contributed by atoms with E-state index in [1.807, 2.05) is 97.1 Å². The number of phenols is 1. The number of guanidine groups is 5. The van der Waals surface area contributed by atoms with E-state index < -0.39 is 0 Å². The van der Waals surface area contributed by atoms with Gasteiger partial charge in [-0.05, 0) is 203 Å². The number of methoxy groups -OCH3 is 1. The Labute approximate surface area is 633 Å². The van der Waals surface area contributed by atoms with E-state index in [0.29, 0.717) is 54.0 Å². The van der Waals surface area contributed by atoms with E-state index in [1.165, 1.54) is 166 Å². The van der Waals surface area contributed by atoms with Crippen LogP contribution in [0.25, 0.3) is 0 Å². The highest BCUT2D eigenvalue weighted by Gasteiger charge is 2.26. The van der Waals surface area contributed by atoms with Crippen molar-refractivity contribution in [3.05, 3.63) is 138 Å². The van der Waals surface area contributed by atoms with Crippen molar-refractivity contribution >= 4 is 74.2 Å². The van der Waals surface area contributed by atoms with Gasteiger partial charge in [-0.15, -0.1) is 0 Å². The number of nitrogens with zero attached hydrogens (tertiary/aromatic N) is 8. The SMILES string of the molecule is Brc1ccc(NC(=NC2CCCCC2)NC2CCCCC2)cc1.C1CCC(N=C(N2CCOCC2)N2CCOCC2)CC1.CCN(CC)C(=NC(C)C)NC(C)C.COc1ccc(N=C(Nc2ccccc2)Nc2ccccc2)cc1.Oc1ccc(NC(=NC2CCCCC2)NC2CCCCC2)cc1. The number of phenolic OH excluding ortho intramolecular Hbond substituents is 1. The molecule has 2 heterocycles. The number of morpholine rings is 2. The lowest BCUT2D eigenvalue weighted by Gasteiger charge is -2.39. The van der Waals surface area contributed by atoms with Crippen LogP contribution < -0.4 is 42.0 Å². The molecule has 7 fully saturated rings. The minimum Gasteiger partial charge on any atom is -0.508 e. The first-order valence-corrected chi connectivity index (χ1v) is 40.6. The fourth-order valence-corrected chi connectivity index (χ4v) is 14.2. The molecule has 0 bridgehead atoms. The molecule has 5 aliphatic carbocycles. The van der Waals surface area contributed by atoms with E-state index in [2.05, 4.69) is 144 Å². The minimum atomic E-state index is 0.293. The van der Waals surface area contributed by atoms with Crippen LogP contribution in [0.3, 0.4) is 0 Å². The Kier molecular flexibility index (Phi) is 37.7.